The Kier molecular flexibility index (Phi) is 3.75. The van der Waals surface area contributed by atoms with Crippen LogP contribution in [-0.4, -0.2) is 31.2 Å². The molecule has 4 heteroatoms. The van der Waals surface area contributed by atoms with Crippen molar-refractivity contribution in [3.05, 3.63) is 23.8 Å². The number of rotatable bonds is 4. The summed E-state index contributed by atoms with van der Waals surface area (Å²) in [6.45, 7) is 5.24. The van der Waals surface area contributed by atoms with E-state index in [0.717, 1.165) is 13.0 Å². The summed E-state index contributed by atoms with van der Waals surface area (Å²) in [7, 11) is 1.82. The van der Waals surface area contributed by atoms with E-state index in [2.05, 4.69) is 13.8 Å². The zero-order valence-electron chi connectivity index (χ0n) is 11.1. The number of amides is 1. The molecule has 1 amide bonds. The van der Waals surface area contributed by atoms with E-state index in [4.69, 9.17) is 9.47 Å². The Morgan fingerprint density at radius 2 is 2.17 bits per heavy atom. The summed E-state index contributed by atoms with van der Waals surface area (Å²) >= 11 is 0. The molecule has 98 valence electrons. The van der Waals surface area contributed by atoms with E-state index >= 15 is 0 Å². The molecule has 2 rings (SSSR count). The number of carbonyl (C=O) groups is 1. The van der Waals surface area contributed by atoms with Gasteiger partial charge in [0.1, 0.15) is 0 Å². The van der Waals surface area contributed by atoms with Crippen LogP contribution in [0.1, 0.15) is 30.6 Å². The SMILES string of the molecule is CC(C)CCN(C)C(=O)c1cccc2c1OCO2. The molecule has 0 aromatic heterocycles. The van der Waals surface area contributed by atoms with Gasteiger partial charge in [-0.3, -0.25) is 4.79 Å². The van der Waals surface area contributed by atoms with E-state index < -0.39 is 0 Å². The molecule has 0 saturated heterocycles. The summed E-state index contributed by atoms with van der Waals surface area (Å²) in [6.07, 6.45) is 0.995. The van der Waals surface area contributed by atoms with Crippen LogP contribution in [0.5, 0.6) is 11.5 Å². The fourth-order valence-electron chi connectivity index (χ4n) is 1.86. The third kappa shape index (κ3) is 2.58. The van der Waals surface area contributed by atoms with Crippen LogP contribution in [-0.2, 0) is 0 Å². The molecule has 1 aromatic carbocycles. The Morgan fingerprint density at radius 1 is 1.39 bits per heavy atom. The van der Waals surface area contributed by atoms with Gasteiger partial charge >= 0.3 is 0 Å². The largest absolute Gasteiger partial charge is 0.454 e. The summed E-state index contributed by atoms with van der Waals surface area (Å²) in [5.41, 5.74) is 0.580. The average molecular weight is 249 g/mol. The maximum absolute atomic E-state index is 12.3. The Labute approximate surface area is 107 Å². The van der Waals surface area contributed by atoms with Crippen LogP contribution in [0.15, 0.2) is 18.2 Å². The van der Waals surface area contributed by atoms with Crippen molar-refractivity contribution < 1.29 is 14.3 Å². The topological polar surface area (TPSA) is 38.8 Å². The second-order valence-electron chi connectivity index (χ2n) is 4.95. The fourth-order valence-corrected chi connectivity index (χ4v) is 1.86. The summed E-state index contributed by atoms with van der Waals surface area (Å²) in [5.74, 6) is 1.79. The Hall–Kier alpha value is -1.71. The maximum Gasteiger partial charge on any atom is 0.257 e. The predicted octanol–water partition coefficient (Wildman–Crippen LogP) is 2.53. The first-order valence-electron chi connectivity index (χ1n) is 6.23. The minimum Gasteiger partial charge on any atom is -0.454 e. The molecule has 1 heterocycles. The van der Waals surface area contributed by atoms with E-state index in [1.54, 1.807) is 11.0 Å². The molecule has 0 unspecified atom stereocenters. The van der Waals surface area contributed by atoms with Crippen molar-refractivity contribution >= 4 is 5.91 Å². The summed E-state index contributed by atoms with van der Waals surface area (Å²) in [6, 6.07) is 5.41. The van der Waals surface area contributed by atoms with Gasteiger partial charge in [0.15, 0.2) is 11.5 Å². The van der Waals surface area contributed by atoms with Crippen molar-refractivity contribution in [2.75, 3.05) is 20.4 Å². The molecule has 4 nitrogen and oxygen atoms in total. The van der Waals surface area contributed by atoms with E-state index in [9.17, 15) is 4.79 Å². The standard InChI is InChI=1S/C14H19NO3/c1-10(2)7-8-15(3)14(16)11-5-4-6-12-13(11)18-9-17-12/h4-6,10H,7-9H2,1-3H3. The highest BCUT2D eigenvalue weighted by molar-refractivity contribution is 5.97. The predicted molar refractivity (Wildman–Crippen MR) is 69.0 cm³/mol. The van der Waals surface area contributed by atoms with Crippen molar-refractivity contribution in [2.45, 2.75) is 20.3 Å². The van der Waals surface area contributed by atoms with Gasteiger partial charge in [-0.1, -0.05) is 19.9 Å². The van der Waals surface area contributed by atoms with Crippen molar-refractivity contribution in [1.29, 1.82) is 0 Å². The molecule has 0 radical (unpaired) electrons. The third-order valence-electron chi connectivity index (χ3n) is 3.02. The number of para-hydroxylation sites is 1. The average Bonchev–Trinajstić information content (AvgIpc) is 2.82. The van der Waals surface area contributed by atoms with Crippen LogP contribution in [0.2, 0.25) is 0 Å². The van der Waals surface area contributed by atoms with Crippen molar-refractivity contribution in [1.82, 2.24) is 4.90 Å². The molecular weight excluding hydrogens is 230 g/mol. The van der Waals surface area contributed by atoms with Crippen LogP contribution in [0.3, 0.4) is 0 Å². The van der Waals surface area contributed by atoms with Gasteiger partial charge in [0, 0.05) is 13.6 Å². The van der Waals surface area contributed by atoms with Crippen molar-refractivity contribution in [3.63, 3.8) is 0 Å². The molecule has 0 saturated carbocycles. The lowest BCUT2D eigenvalue weighted by molar-refractivity contribution is 0.0784. The van der Waals surface area contributed by atoms with E-state index in [-0.39, 0.29) is 12.7 Å². The lowest BCUT2D eigenvalue weighted by atomic mass is 10.1. The van der Waals surface area contributed by atoms with Gasteiger partial charge in [-0.05, 0) is 24.5 Å². The monoisotopic (exact) mass is 249 g/mol. The number of fused-ring (bicyclic) bond motifs is 1. The van der Waals surface area contributed by atoms with E-state index in [0.29, 0.717) is 23.0 Å². The minimum atomic E-state index is -0.0157. The van der Waals surface area contributed by atoms with Gasteiger partial charge in [-0.15, -0.1) is 0 Å². The van der Waals surface area contributed by atoms with Gasteiger partial charge in [0.2, 0.25) is 6.79 Å². The first-order valence-corrected chi connectivity index (χ1v) is 6.23. The smallest absolute Gasteiger partial charge is 0.257 e. The van der Waals surface area contributed by atoms with Crippen LogP contribution in [0.25, 0.3) is 0 Å². The van der Waals surface area contributed by atoms with Crippen LogP contribution in [0, 0.1) is 5.92 Å². The molecule has 0 spiro atoms. The van der Waals surface area contributed by atoms with Gasteiger partial charge in [0.25, 0.3) is 5.91 Å². The second kappa shape index (κ2) is 5.29. The van der Waals surface area contributed by atoms with Crippen LogP contribution in [0.4, 0.5) is 0 Å². The third-order valence-corrected chi connectivity index (χ3v) is 3.02. The lowest BCUT2D eigenvalue weighted by Gasteiger charge is -2.19. The molecule has 0 atom stereocenters. The molecule has 0 N–H and O–H groups in total. The molecular formula is C14H19NO3. The normalized spacial score (nSPS) is 12.9. The molecule has 0 fully saturated rings. The van der Waals surface area contributed by atoms with Gasteiger partial charge in [-0.25, -0.2) is 0 Å². The molecule has 0 aliphatic carbocycles. The summed E-state index contributed by atoms with van der Waals surface area (Å²) < 4.78 is 10.6. The quantitative estimate of drug-likeness (QED) is 0.823. The van der Waals surface area contributed by atoms with Crippen LogP contribution >= 0.6 is 0 Å². The molecule has 1 aromatic rings. The van der Waals surface area contributed by atoms with Crippen molar-refractivity contribution in [3.8, 4) is 11.5 Å². The highest BCUT2D eigenvalue weighted by atomic mass is 16.7. The zero-order chi connectivity index (χ0) is 13.1. The number of benzene rings is 1. The number of hydrogen-bond donors (Lipinski definition) is 0. The molecule has 18 heavy (non-hydrogen) atoms. The Bertz CT molecular complexity index is 443. The minimum absolute atomic E-state index is 0.0157. The van der Waals surface area contributed by atoms with E-state index in [1.165, 1.54) is 0 Å². The molecule has 1 aliphatic heterocycles. The second-order valence-corrected chi connectivity index (χ2v) is 4.95. The number of carbonyl (C=O) groups excluding carboxylic acids is 1. The van der Waals surface area contributed by atoms with Gasteiger partial charge in [0.05, 0.1) is 5.56 Å². The van der Waals surface area contributed by atoms with Crippen molar-refractivity contribution in [2.24, 2.45) is 5.92 Å². The zero-order valence-corrected chi connectivity index (χ0v) is 11.1. The number of ether oxygens (including phenoxy) is 2. The number of hydrogen-bond acceptors (Lipinski definition) is 3. The van der Waals surface area contributed by atoms with Gasteiger partial charge < -0.3 is 14.4 Å². The Balaban J connectivity index is 2.12. The fraction of sp³-hybridized carbons (Fsp3) is 0.500. The summed E-state index contributed by atoms with van der Waals surface area (Å²) in [4.78, 5) is 14.0. The van der Waals surface area contributed by atoms with Crippen LogP contribution < -0.4 is 9.47 Å². The highest BCUT2D eigenvalue weighted by Crippen LogP contribution is 2.35. The van der Waals surface area contributed by atoms with E-state index in [1.807, 2.05) is 19.2 Å². The number of nitrogens with zero attached hydrogens (tertiary/aromatic N) is 1. The summed E-state index contributed by atoms with van der Waals surface area (Å²) in [5, 5.41) is 0. The first-order chi connectivity index (χ1) is 8.59. The lowest BCUT2D eigenvalue weighted by Crippen LogP contribution is -2.28. The first kappa shape index (κ1) is 12.7. The Morgan fingerprint density at radius 3 is 2.89 bits per heavy atom. The molecule has 1 aliphatic rings. The van der Waals surface area contributed by atoms with Gasteiger partial charge in [-0.2, -0.15) is 0 Å². The highest BCUT2D eigenvalue weighted by Gasteiger charge is 2.23. The molecule has 0 bridgehead atoms. The maximum atomic E-state index is 12.3.